The molecule has 0 atom stereocenters. The van der Waals surface area contributed by atoms with E-state index in [1.165, 1.54) is 6.21 Å². The van der Waals surface area contributed by atoms with Crippen LogP contribution in [0.2, 0.25) is 0 Å². The predicted molar refractivity (Wildman–Crippen MR) is 64.5 cm³/mol. The van der Waals surface area contributed by atoms with E-state index in [1.807, 2.05) is 42.1 Å². The molecule has 0 radical (unpaired) electrons. The normalized spacial score (nSPS) is 11.8. The zero-order chi connectivity index (χ0) is 12.8. The molecule has 0 aliphatic rings. The summed E-state index contributed by atoms with van der Waals surface area (Å²) in [6.45, 7) is 0. The van der Waals surface area contributed by atoms with Crippen LogP contribution in [0.5, 0.6) is 0 Å². The van der Waals surface area contributed by atoms with Crippen LogP contribution in [0.1, 0.15) is 5.69 Å². The van der Waals surface area contributed by atoms with Gasteiger partial charge in [-0.1, -0.05) is 0 Å². The Morgan fingerprint density at radius 1 is 1.47 bits per heavy atom. The summed E-state index contributed by atoms with van der Waals surface area (Å²) in [5, 5.41) is 19.2. The summed E-state index contributed by atoms with van der Waals surface area (Å²) in [6.07, 6.45) is 3.34. The maximum absolute atomic E-state index is 8.76. The molecule has 0 aromatic carbocycles. The van der Waals surface area contributed by atoms with Gasteiger partial charge in [0.25, 0.3) is 0 Å². The molecule has 0 saturated heterocycles. The number of nitrogens with two attached hydrogens (primary N) is 1. The number of aliphatic imine (C=N–C) groups is 1. The van der Waals surface area contributed by atoms with E-state index in [9.17, 15) is 0 Å². The summed E-state index contributed by atoms with van der Waals surface area (Å²) >= 11 is 0. The van der Waals surface area contributed by atoms with Crippen LogP contribution in [0.3, 0.4) is 0 Å². The number of allylic oxidation sites excluding steroid dienone is 2. The van der Waals surface area contributed by atoms with Crippen LogP contribution in [-0.4, -0.2) is 25.0 Å². The summed E-state index contributed by atoms with van der Waals surface area (Å²) in [6, 6.07) is 7.15. The number of rotatable bonds is 3. The third kappa shape index (κ3) is 2.86. The van der Waals surface area contributed by atoms with Gasteiger partial charge in [0.2, 0.25) is 0 Å². The summed E-state index contributed by atoms with van der Waals surface area (Å²) in [5.74, 6) is 0. The van der Waals surface area contributed by atoms with Gasteiger partial charge >= 0.3 is 0 Å². The zero-order valence-electron chi connectivity index (χ0n) is 9.62. The molecule has 17 heavy (non-hydrogen) atoms. The van der Waals surface area contributed by atoms with Crippen molar-refractivity contribution >= 4 is 6.21 Å². The number of hydrogen-bond acceptors (Lipinski definition) is 5. The summed E-state index contributed by atoms with van der Waals surface area (Å²) in [5.41, 5.74) is 5.84. The Bertz CT molecular complexity index is 535. The maximum Gasteiger partial charge on any atom is 0.174 e. The summed E-state index contributed by atoms with van der Waals surface area (Å²) in [4.78, 5) is 3.90. The van der Waals surface area contributed by atoms with Gasteiger partial charge in [0, 0.05) is 20.3 Å². The van der Waals surface area contributed by atoms with Gasteiger partial charge in [-0.15, -0.1) is 0 Å². The van der Waals surface area contributed by atoms with Crippen LogP contribution < -0.4 is 10.7 Å². The van der Waals surface area contributed by atoms with E-state index in [1.54, 1.807) is 12.1 Å². The van der Waals surface area contributed by atoms with E-state index in [0.29, 0.717) is 0 Å². The van der Waals surface area contributed by atoms with Crippen molar-refractivity contribution in [3.05, 3.63) is 35.4 Å². The van der Waals surface area contributed by atoms with Crippen molar-refractivity contribution in [1.82, 2.24) is 4.68 Å². The molecular weight excluding hydrogens is 216 g/mol. The topological polar surface area (TPSA) is 94.1 Å². The predicted octanol–water partition coefficient (Wildman–Crippen LogP) is 0.322. The van der Waals surface area contributed by atoms with Crippen LogP contribution in [0.4, 0.5) is 0 Å². The summed E-state index contributed by atoms with van der Waals surface area (Å²) < 4.78 is 1.83. The van der Waals surface area contributed by atoms with Crippen molar-refractivity contribution in [2.24, 2.45) is 10.7 Å². The molecule has 0 aliphatic heterocycles. The smallest absolute Gasteiger partial charge is 0.174 e. The third-order valence-electron chi connectivity index (χ3n) is 2.00. The Kier molecular flexibility index (Phi) is 3.91. The fourth-order valence-corrected chi connectivity index (χ4v) is 1.19. The van der Waals surface area contributed by atoms with Crippen molar-refractivity contribution in [2.75, 3.05) is 19.1 Å². The van der Waals surface area contributed by atoms with Gasteiger partial charge in [0.1, 0.15) is 17.8 Å². The van der Waals surface area contributed by atoms with Gasteiger partial charge in [-0.2, -0.15) is 10.5 Å². The van der Waals surface area contributed by atoms with E-state index in [4.69, 9.17) is 16.3 Å². The molecule has 86 valence electrons. The average molecular weight is 228 g/mol. The second kappa shape index (κ2) is 5.38. The van der Waals surface area contributed by atoms with Gasteiger partial charge in [0.05, 0.1) is 11.9 Å². The molecule has 1 aromatic heterocycles. The highest BCUT2D eigenvalue weighted by Gasteiger charge is 2.01. The van der Waals surface area contributed by atoms with E-state index in [-0.39, 0.29) is 11.4 Å². The molecule has 1 rings (SSSR count). The van der Waals surface area contributed by atoms with E-state index in [0.717, 1.165) is 5.69 Å². The van der Waals surface area contributed by atoms with Gasteiger partial charge < -0.3 is 10.7 Å². The fourth-order valence-electron chi connectivity index (χ4n) is 1.19. The van der Waals surface area contributed by atoms with E-state index in [2.05, 4.69) is 4.99 Å². The molecular formula is C11H12N6. The molecule has 0 fully saturated rings. The molecule has 0 spiro atoms. The molecule has 0 bridgehead atoms. The van der Waals surface area contributed by atoms with Crippen molar-refractivity contribution in [1.29, 1.82) is 10.5 Å². The fraction of sp³-hybridized carbons (Fsp3) is 0.182. The highest BCUT2D eigenvalue weighted by atomic mass is 15.5. The summed E-state index contributed by atoms with van der Waals surface area (Å²) in [7, 11) is 3.75. The van der Waals surface area contributed by atoms with Crippen molar-refractivity contribution in [2.45, 2.75) is 0 Å². The van der Waals surface area contributed by atoms with Crippen LogP contribution in [0.15, 0.2) is 34.7 Å². The largest absolute Gasteiger partial charge is 0.388 e. The molecule has 0 unspecified atom stereocenters. The molecule has 1 aromatic rings. The van der Waals surface area contributed by atoms with E-state index >= 15 is 0 Å². The van der Waals surface area contributed by atoms with Gasteiger partial charge in [-0.25, -0.2) is 4.99 Å². The lowest BCUT2D eigenvalue weighted by atomic mass is 10.4. The Labute approximate surface area is 99.5 Å². The standard InChI is InChI=1S/C11H12N6/c1-16(2)17-5-3-4-9(17)8-15-11(7-13)10(14)6-12/h3-5,8H,14H2,1-2H3/b11-10-,15-8?. The Morgan fingerprint density at radius 3 is 2.71 bits per heavy atom. The van der Waals surface area contributed by atoms with Crippen LogP contribution in [-0.2, 0) is 0 Å². The maximum atomic E-state index is 8.76. The second-order valence-corrected chi connectivity index (χ2v) is 3.37. The SMILES string of the molecule is CN(C)n1cccc1C=N/C(C#N)=C(\N)C#N. The quantitative estimate of drug-likeness (QED) is 0.595. The first-order valence-corrected chi connectivity index (χ1v) is 4.79. The van der Waals surface area contributed by atoms with Crippen molar-refractivity contribution in [3.8, 4) is 12.1 Å². The van der Waals surface area contributed by atoms with Crippen molar-refractivity contribution < 1.29 is 0 Å². The second-order valence-electron chi connectivity index (χ2n) is 3.37. The lowest BCUT2D eigenvalue weighted by Gasteiger charge is -2.15. The third-order valence-corrected chi connectivity index (χ3v) is 2.00. The molecule has 0 amide bonds. The molecule has 1 heterocycles. The van der Waals surface area contributed by atoms with Gasteiger partial charge in [0.15, 0.2) is 5.70 Å². The zero-order valence-corrected chi connectivity index (χ0v) is 9.62. The Morgan fingerprint density at radius 2 is 2.18 bits per heavy atom. The van der Waals surface area contributed by atoms with Crippen LogP contribution in [0.25, 0.3) is 0 Å². The number of nitrogens with zero attached hydrogens (tertiary/aromatic N) is 5. The lowest BCUT2D eigenvalue weighted by molar-refractivity contribution is 0.732. The lowest BCUT2D eigenvalue weighted by Crippen LogP contribution is -2.25. The van der Waals surface area contributed by atoms with Gasteiger partial charge in [-0.3, -0.25) is 4.68 Å². The highest BCUT2D eigenvalue weighted by molar-refractivity contribution is 5.79. The molecule has 2 N–H and O–H groups in total. The monoisotopic (exact) mass is 228 g/mol. The minimum atomic E-state index is -0.188. The van der Waals surface area contributed by atoms with Gasteiger partial charge in [-0.05, 0) is 12.1 Å². The Balaban J connectivity index is 3.04. The number of aromatic nitrogens is 1. The first-order valence-electron chi connectivity index (χ1n) is 4.79. The molecule has 0 saturated carbocycles. The minimum Gasteiger partial charge on any atom is -0.388 e. The first-order chi connectivity index (χ1) is 8.10. The minimum absolute atomic E-state index is 0.0843. The van der Waals surface area contributed by atoms with E-state index < -0.39 is 0 Å². The number of nitriles is 2. The molecule has 6 nitrogen and oxygen atoms in total. The Hall–Kier alpha value is -2.73. The van der Waals surface area contributed by atoms with Crippen LogP contribution in [0, 0.1) is 22.7 Å². The highest BCUT2D eigenvalue weighted by Crippen LogP contribution is 2.02. The average Bonchev–Trinajstić information content (AvgIpc) is 2.77. The first kappa shape index (κ1) is 12.3. The molecule has 0 aliphatic carbocycles. The number of hydrogen-bond donors (Lipinski definition) is 1. The molecule has 6 heteroatoms. The van der Waals surface area contributed by atoms with Crippen molar-refractivity contribution in [3.63, 3.8) is 0 Å². The van der Waals surface area contributed by atoms with Crippen LogP contribution >= 0.6 is 0 Å².